The minimum absolute atomic E-state index is 0.0220. The van der Waals surface area contributed by atoms with Crippen molar-refractivity contribution < 1.29 is 29.0 Å². The fourth-order valence-corrected chi connectivity index (χ4v) is 6.47. The van der Waals surface area contributed by atoms with Crippen LogP contribution in [0.2, 0.25) is 0 Å². The number of hydrogen-bond donors (Lipinski definition) is 3. The second-order valence-corrected chi connectivity index (χ2v) is 13.8. The molecule has 2 fully saturated rings. The zero-order valence-corrected chi connectivity index (χ0v) is 27.7. The summed E-state index contributed by atoms with van der Waals surface area (Å²) in [7, 11) is 0. The first kappa shape index (κ1) is 35.8. The highest BCUT2D eigenvalue weighted by atomic mass is 16.7. The smallest absolute Gasteiger partial charge is 0.308 e. The van der Waals surface area contributed by atoms with Gasteiger partial charge in [-0.05, 0) is 56.6 Å². The van der Waals surface area contributed by atoms with E-state index in [0.29, 0.717) is 19.4 Å². The molecule has 2 amide bonds. The summed E-state index contributed by atoms with van der Waals surface area (Å²) in [6.07, 6.45) is 13.4. The van der Waals surface area contributed by atoms with Crippen molar-refractivity contribution in [2.45, 2.75) is 130 Å². The predicted molar refractivity (Wildman–Crippen MR) is 174 cm³/mol. The van der Waals surface area contributed by atoms with Gasteiger partial charge in [0.05, 0.1) is 12.5 Å². The lowest BCUT2D eigenvalue weighted by molar-refractivity contribution is -0.304. The lowest BCUT2D eigenvalue weighted by atomic mass is 9.76. The number of ether oxygens (including phenoxy) is 2. The molecule has 0 bridgehead atoms. The largest absolute Gasteiger partial charge is 0.481 e. The summed E-state index contributed by atoms with van der Waals surface area (Å²) in [5.74, 6) is -3.51. The van der Waals surface area contributed by atoms with Crippen molar-refractivity contribution in [3.63, 3.8) is 0 Å². The van der Waals surface area contributed by atoms with E-state index in [2.05, 4.69) is 17.6 Å². The maximum atomic E-state index is 13.4. The molecule has 1 saturated heterocycles. The Morgan fingerprint density at radius 2 is 1.64 bits per heavy atom. The van der Waals surface area contributed by atoms with Crippen molar-refractivity contribution in [2.24, 2.45) is 17.3 Å². The van der Waals surface area contributed by atoms with Crippen LogP contribution in [0, 0.1) is 17.3 Å². The van der Waals surface area contributed by atoms with Crippen molar-refractivity contribution in [1.29, 1.82) is 0 Å². The van der Waals surface area contributed by atoms with Crippen molar-refractivity contribution in [3.05, 3.63) is 42.0 Å². The van der Waals surface area contributed by atoms with Crippen LogP contribution in [-0.2, 0) is 23.9 Å². The summed E-state index contributed by atoms with van der Waals surface area (Å²) < 4.78 is 11.7. The maximum Gasteiger partial charge on any atom is 0.308 e. The van der Waals surface area contributed by atoms with E-state index < -0.39 is 29.2 Å². The van der Waals surface area contributed by atoms with Gasteiger partial charge in [-0.15, -0.1) is 0 Å². The topological polar surface area (TPSA) is 114 Å². The van der Waals surface area contributed by atoms with Crippen LogP contribution < -0.4 is 10.6 Å². The van der Waals surface area contributed by atoms with Crippen LogP contribution in [0.3, 0.4) is 0 Å². The number of unbranched alkanes of at least 4 members (excludes halogenated alkanes) is 6. The molecule has 1 aliphatic heterocycles. The highest BCUT2D eigenvalue weighted by Gasteiger charge is 2.46. The number of carbonyl (C=O) groups excluding carboxylic acids is 2. The molecular weight excluding hydrogens is 556 g/mol. The zero-order valence-electron chi connectivity index (χ0n) is 27.7. The van der Waals surface area contributed by atoms with E-state index in [4.69, 9.17) is 9.47 Å². The minimum Gasteiger partial charge on any atom is -0.481 e. The number of allylic oxidation sites excluding steroid dienone is 1. The Morgan fingerprint density at radius 3 is 2.32 bits per heavy atom. The Hall–Kier alpha value is -2.71. The SMILES string of the molecule is CCCCCCCCC/C(=C/C(=O)N[C@H]1CCCC[C@H]1C(CNC(=O)C1OC(C)(C)OCC1(C)C)C(=O)O)c1ccccc1. The first-order valence-corrected chi connectivity index (χ1v) is 16.8. The number of carboxylic acids is 1. The maximum absolute atomic E-state index is 13.4. The summed E-state index contributed by atoms with van der Waals surface area (Å²) in [6, 6.07) is 9.75. The molecule has 2 aliphatic rings. The van der Waals surface area contributed by atoms with Gasteiger partial charge in [0.15, 0.2) is 5.79 Å². The molecule has 1 aromatic carbocycles. The van der Waals surface area contributed by atoms with E-state index in [9.17, 15) is 19.5 Å². The fraction of sp³-hybridized carbons (Fsp3) is 0.694. The number of hydrogen-bond acceptors (Lipinski definition) is 5. The third kappa shape index (κ3) is 11.0. The van der Waals surface area contributed by atoms with Crippen molar-refractivity contribution in [1.82, 2.24) is 10.6 Å². The number of carbonyl (C=O) groups is 3. The summed E-state index contributed by atoms with van der Waals surface area (Å²) in [6.45, 7) is 9.90. The standard InChI is InChI=1S/C36H56N2O6/c1-6-7-8-9-10-11-13-20-27(26-18-14-12-15-19-26)23-31(39)38-30-22-17-16-21-28(30)29(34(41)42)24-37-33(40)32-35(2,3)25-43-36(4,5)44-32/h12,14-15,18-19,23,28-30,32H,6-11,13,16-17,20-22,24-25H2,1-5H3,(H,37,40)(H,38,39)(H,41,42)/b27-23-/t28-,29?,30-,32?/m0/s1. The summed E-state index contributed by atoms with van der Waals surface area (Å²) in [5.41, 5.74) is 1.49. The normalized spacial score (nSPS) is 23.8. The Balaban J connectivity index is 1.66. The molecule has 44 heavy (non-hydrogen) atoms. The Morgan fingerprint density at radius 1 is 0.977 bits per heavy atom. The fourth-order valence-electron chi connectivity index (χ4n) is 6.47. The Labute approximate surface area is 264 Å². The number of rotatable bonds is 16. The van der Waals surface area contributed by atoms with Gasteiger partial charge in [-0.3, -0.25) is 14.4 Å². The van der Waals surface area contributed by atoms with Crippen LogP contribution in [0.5, 0.6) is 0 Å². The number of carboxylic acid groups (broad SMARTS) is 1. The second kappa shape index (κ2) is 17.1. The molecule has 0 aromatic heterocycles. The van der Waals surface area contributed by atoms with E-state index in [0.717, 1.165) is 43.2 Å². The molecule has 3 rings (SSSR count). The van der Waals surface area contributed by atoms with Crippen LogP contribution in [0.1, 0.15) is 117 Å². The molecule has 3 N–H and O–H groups in total. The highest BCUT2D eigenvalue weighted by molar-refractivity contribution is 5.95. The van der Waals surface area contributed by atoms with Gasteiger partial charge in [0.25, 0.3) is 0 Å². The van der Waals surface area contributed by atoms with Gasteiger partial charge in [-0.2, -0.15) is 0 Å². The lowest BCUT2D eigenvalue weighted by Crippen LogP contribution is -2.57. The summed E-state index contributed by atoms with van der Waals surface area (Å²) >= 11 is 0. The van der Waals surface area contributed by atoms with Gasteiger partial charge in [0, 0.05) is 24.1 Å². The van der Waals surface area contributed by atoms with Gasteiger partial charge >= 0.3 is 5.97 Å². The van der Waals surface area contributed by atoms with E-state index in [1.807, 2.05) is 44.2 Å². The van der Waals surface area contributed by atoms with Gasteiger partial charge in [0.2, 0.25) is 11.8 Å². The van der Waals surface area contributed by atoms with Crippen molar-refractivity contribution in [2.75, 3.05) is 13.2 Å². The molecule has 8 nitrogen and oxygen atoms in total. The first-order valence-electron chi connectivity index (χ1n) is 16.8. The summed E-state index contributed by atoms with van der Waals surface area (Å²) in [5, 5.41) is 16.3. The van der Waals surface area contributed by atoms with Crippen LogP contribution in [0.25, 0.3) is 5.57 Å². The minimum atomic E-state index is -0.969. The Kier molecular flexibility index (Phi) is 13.9. The molecule has 0 radical (unpaired) electrons. The van der Waals surface area contributed by atoms with Crippen molar-refractivity contribution in [3.8, 4) is 0 Å². The average molecular weight is 613 g/mol. The molecular formula is C36H56N2O6. The molecule has 1 heterocycles. The molecule has 1 aromatic rings. The lowest BCUT2D eigenvalue weighted by Gasteiger charge is -2.45. The van der Waals surface area contributed by atoms with Crippen LogP contribution in [-0.4, -0.2) is 54.0 Å². The van der Waals surface area contributed by atoms with E-state index in [1.165, 1.54) is 32.1 Å². The number of aliphatic carboxylic acids is 1. The molecule has 246 valence electrons. The third-order valence-corrected chi connectivity index (χ3v) is 9.12. The molecule has 8 heteroatoms. The van der Waals surface area contributed by atoms with E-state index in [1.54, 1.807) is 19.9 Å². The summed E-state index contributed by atoms with van der Waals surface area (Å²) in [4.78, 5) is 39.2. The van der Waals surface area contributed by atoms with E-state index >= 15 is 0 Å². The van der Waals surface area contributed by atoms with Gasteiger partial charge in [-0.1, -0.05) is 102 Å². The second-order valence-electron chi connectivity index (χ2n) is 13.8. The van der Waals surface area contributed by atoms with Crippen LogP contribution >= 0.6 is 0 Å². The zero-order chi connectivity index (χ0) is 32.2. The number of benzene rings is 1. The van der Waals surface area contributed by atoms with Gasteiger partial charge < -0.3 is 25.2 Å². The van der Waals surface area contributed by atoms with Crippen molar-refractivity contribution >= 4 is 23.4 Å². The van der Waals surface area contributed by atoms with Gasteiger partial charge in [0.1, 0.15) is 6.10 Å². The quantitative estimate of drug-likeness (QED) is 0.139. The Bertz CT molecular complexity index is 1100. The molecule has 0 spiro atoms. The molecule has 1 aliphatic carbocycles. The van der Waals surface area contributed by atoms with Crippen LogP contribution in [0.15, 0.2) is 36.4 Å². The first-order chi connectivity index (χ1) is 20.9. The predicted octanol–water partition coefficient (Wildman–Crippen LogP) is 6.88. The van der Waals surface area contributed by atoms with E-state index in [-0.39, 0.29) is 30.3 Å². The van der Waals surface area contributed by atoms with Gasteiger partial charge in [-0.25, -0.2) is 0 Å². The third-order valence-electron chi connectivity index (χ3n) is 9.12. The molecule has 4 atom stereocenters. The van der Waals surface area contributed by atoms with Crippen LogP contribution in [0.4, 0.5) is 0 Å². The average Bonchev–Trinajstić information content (AvgIpc) is 2.98. The highest BCUT2D eigenvalue weighted by Crippen LogP contribution is 2.35. The molecule has 2 unspecified atom stereocenters. The number of nitrogens with one attached hydrogen (secondary N) is 2. The number of amides is 2. The monoisotopic (exact) mass is 612 g/mol. The molecule has 1 saturated carbocycles.